The van der Waals surface area contributed by atoms with Crippen LogP contribution in [-0.4, -0.2) is 51.4 Å². The number of likely N-dealkylation sites (tertiary alicyclic amines) is 1. The lowest BCUT2D eigenvalue weighted by molar-refractivity contribution is -0.138. The quantitative estimate of drug-likeness (QED) is 0.824. The number of fused-ring (bicyclic) bond motifs is 1. The van der Waals surface area contributed by atoms with Gasteiger partial charge >= 0.3 is 0 Å². The number of carbonyl (C=O) groups is 2. The Morgan fingerprint density at radius 3 is 2.61 bits per heavy atom. The number of piperidine rings is 1. The van der Waals surface area contributed by atoms with Crippen molar-refractivity contribution in [2.45, 2.75) is 63.5 Å². The molecule has 2 atom stereocenters. The van der Waals surface area contributed by atoms with Gasteiger partial charge in [-0.05, 0) is 56.3 Å². The zero-order chi connectivity index (χ0) is 19.7. The van der Waals surface area contributed by atoms with E-state index in [0.717, 1.165) is 24.4 Å². The molecule has 28 heavy (non-hydrogen) atoms. The first-order chi connectivity index (χ1) is 13.4. The summed E-state index contributed by atoms with van der Waals surface area (Å²) in [7, 11) is 0. The summed E-state index contributed by atoms with van der Waals surface area (Å²) in [6.45, 7) is 8.32. The third kappa shape index (κ3) is 4.08. The Bertz CT molecular complexity index is 730. The molecule has 2 amide bonds. The molecule has 3 saturated heterocycles. The highest BCUT2D eigenvalue weighted by molar-refractivity contribution is 8.01. The largest absolute Gasteiger partial charge is 0.350 e. The lowest BCUT2D eigenvalue weighted by Crippen LogP contribution is -2.49. The van der Waals surface area contributed by atoms with Crippen molar-refractivity contribution in [2.75, 3.05) is 18.8 Å². The minimum atomic E-state index is -0.328. The fourth-order valence-electron chi connectivity index (χ4n) is 4.56. The molecule has 3 aliphatic rings. The Morgan fingerprint density at radius 2 is 1.89 bits per heavy atom. The Balaban J connectivity index is 1.28. The molecule has 5 nitrogen and oxygen atoms in total. The Kier molecular flexibility index (Phi) is 5.70. The molecular formula is C22H31N3O2S. The number of carbonyl (C=O) groups excluding carboxylic acids is 2. The summed E-state index contributed by atoms with van der Waals surface area (Å²) in [5, 5.41) is 3.04. The van der Waals surface area contributed by atoms with Gasteiger partial charge in [-0.3, -0.25) is 14.5 Å². The zero-order valence-corrected chi connectivity index (χ0v) is 17.8. The molecule has 0 unspecified atom stereocenters. The van der Waals surface area contributed by atoms with Gasteiger partial charge in [-0.25, -0.2) is 0 Å². The highest BCUT2D eigenvalue weighted by atomic mass is 32.2. The third-order valence-corrected chi connectivity index (χ3v) is 8.02. The van der Waals surface area contributed by atoms with E-state index in [0.29, 0.717) is 18.7 Å². The number of thioether (sulfide) groups is 1. The maximum atomic E-state index is 12.7. The number of nitrogens with zero attached hydrogens (tertiary/aromatic N) is 2. The Morgan fingerprint density at radius 1 is 1.21 bits per heavy atom. The first-order valence-corrected chi connectivity index (χ1v) is 11.5. The Labute approximate surface area is 172 Å². The average Bonchev–Trinajstić information content (AvgIpc) is 3.19. The molecule has 3 heterocycles. The minimum Gasteiger partial charge on any atom is -0.350 e. The smallest absolute Gasteiger partial charge is 0.243 e. The van der Waals surface area contributed by atoms with Crippen LogP contribution < -0.4 is 5.32 Å². The van der Waals surface area contributed by atoms with Crippen molar-refractivity contribution in [3.63, 3.8) is 0 Å². The van der Waals surface area contributed by atoms with Crippen LogP contribution in [0.25, 0.3) is 0 Å². The van der Waals surface area contributed by atoms with Crippen LogP contribution >= 0.6 is 11.8 Å². The van der Waals surface area contributed by atoms with Crippen molar-refractivity contribution >= 4 is 23.6 Å². The van der Waals surface area contributed by atoms with Crippen molar-refractivity contribution in [1.82, 2.24) is 15.1 Å². The number of hydrogen-bond donors (Lipinski definition) is 1. The van der Waals surface area contributed by atoms with Crippen molar-refractivity contribution < 1.29 is 9.59 Å². The highest BCUT2D eigenvalue weighted by Gasteiger charge is 2.52. The van der Waals surface area contributed by atoms with Crippen LogP contribution in [0.5, 0.6) is 0 Å². The lowest BCUT2D eigenvalue weighted by Gasteiger charge is -2.30. The molecule has 0 bridgehead atoms. The summed E-state index contributed by atoms with van der Waals surface area (Å²) in [5.41, 5.74) is 2.43. The monoisotopic (exact) mass is 401 g/mol. The molecule has 1 aromatic carbocycles. The van der Waals surface area contributed by atoms with Crippen LogP contribution in [0.2, 0.25) is 0 Å². The molecular weight excluding hydrogens is 370 g/mol. The van der Waals surface area contributed by atoms with Crippen LogP contribution in [0.1, 0.15) is 50.7 Å². The van der Waals surface area contributed by atoms with E-state index in [4.69, 9.17) is 0 Å². The van der Waals surface area contributed by atoms with E-state index in [1.165, 1.54) is 31.5 Å². The first-order valence-electron chi connectivity index (χ1n) is 10.5. The van der Waals surface area contributed by atoms with Crippen molar-refractivity contribution in [3.8, 4) is 0 Å². The maximum Gasteiger partial charge on any atom is 0.243 e. The van der Waals surface area contributed by atoms with Gasteiger partial charge in [0.25, 0.3) is 0 Å². The molecule has 6 heteroatoms. The second-order valence-corrected chi connectivity index (χ2v) is 10.3. The maximum absolute atomic E-state index is 12.7. The normalized spacial score (nSPS) is 28.6. The van der Waals surface area contributed by atoms with E-state index >= 15 is 0 Å². The highest BCUT2D eigenvalue weighted by Crippen LogP contribution is 2.47. The Hall–Kier alpha value is -1.53. The lowest BCUT2D eigenvalue weighted by atomic mass is 9.99. The fourth-order valence-corrected chi connectivity index (χ4v) is 5.99. The SMILES string of the molecule is CC1CCN(Cc2ccc(CNC(=O)[C@@H]3CS[C@@]4(C)CCC(=O)N34)cc2)CC1. The van der Waals surface area contributed by atoms with Gasteiger partial charge in [0.15, 0.2) is 0 Å². The molecule has 0 aliphatic carbocycles. The van der Waals surface area contributed by atoms with Crippen molar-refractivity contribution in [3.05, 3.63) is 35.4 Å². The summed E-state index contributed by atoms with van der Waals surface area (Å²) < 4.78 is 0. The van der Waals surface area contributed by atoms with Gasteiger partial charge in [-0.2, -0.15) is 0 Å². The van der Waals surface area contributed by atoms with E-state index in [2.05, 4.69) is 48.3 Å². The van der Waals surface area contributed by atoms with E-state index in [1.807, 2.05) is 4.90 Å². The second-order valence-electron chi connectivity index (χ2n) is 8.76. The molecule has 152 valence electrons. The fraction of sp³-hybridized carbons (Fsp3) is 0.636. The minimum absolute atomic E-state index is 0.0296. The summed E-state index contributed by atoms with van der Waals surface area (Å²) in [4.78, 5) is 29.0. The van der Waals surface area contributed by atoms with E-state index in [9.17, 15) is 9.59 Å². The predicted molar refractivity (Wildman–Crippen MR) is 113 cm³/mol. The first kappa shape index (κ1) is 19.8. The van der Waals surface area contributed by atoms with Gasteiger partial charge in [0, 0.05) is 25.3 Å². The van der Waals surface area contributed by atoms with E-state index in [1.54, 1.807) is 11.8 Å². The van der Waals surface area contributed by atoms with Crippen molar-refractivity contribution in [2.24, 2.45) is 5.92 Å². The molecule has 1 aromatic rings. The van der Waals surface area contributed by atoms with Gasteiger partial charge in [0.05, 0.1) is 4.87 Å². The number of hydrogen-bond acceptors (Lipinski definition) is 4. The molecule has 0 radical (unpaired) electrons. The van der Waals surface area contributed by atoms with Gasteiger partial charge < -0.3 is 10.2 Å². The zero-order valence-electron chi connectivity index (χ0n) is 16.9. The van der Waals surface area contributed by atoms with Gasteiger partial charge in [0.1, 0.15) is 6.04 Å². The number of amides is 2. The summed E-state index contributed by atoms with van der Waals surface area (Å²) in [5.74, 6) is 1.64. The summed E-state index contributed by atoms with van der Waals surface area (Å²) in [6.07, 6.45) is 3.99. The molecule has 0 spiro atoms. The predicted octanol–water partition coefficient (Wildman–Crippen LogP) is 2.99. The van der Waals surface area contributed by atoms with Gasteiger partial charge in [-0.15, -0.1) is 11.8 Å². The van der Waals surface area contributed by atoms with Gasteiger partial charge in [-0.1, -0.05) is 31.2 Å². The third-order valence-electron chi connectivity index (χ3n) is 6.52. The summed E-state index contributed by atoms with van der Waals surface area (Å²) in [6, 6.07) is 8.23. The van der Waals surface area contributed by atoms with Gasteiger partial charge in [0.2, 0.25) is 11.8 Å². The van der Waals surface area contributed by atoms with Crippen LogP contribution in [-0.2, 0) is 22.7 Å². The molecule has 3 aliphatic heterocycles. The van der Waals surface area contributed by atoms with Crippen molar-refractivity contribution in [1.29, 1.82) is 0 Å². The molecule has 0 aromatic heterocycles. The summed E-state index contributed by atoms with van der Waals surface area (Å²) >= 11 is 1.74. The number of nitrogens with one attached hydrogen (secondary N) is 1. The average molecular weight is 402 g/mol. The van der Waals surface area contributed by atoms with Crippen LogP contribution in [0.4, 0.5) is 0 Å². The number of benzene rings is 1. The van der Waals surface area contributed by atoms with Crippen LogP contribution in [0, 0.1) is 5.92 Å². The molecule has 4 rings (SSSR count). The standard InChI is InChI=1S/C22H31N3O2S/c1-16-8-11-24(12-9-16)14-18-5-3-17(4-6-18)13-23-21(27)19-15-28-22(2)10-7-20(26)25(19)22/h3-6,16,19H,7-15H2,1-2H3,(H,23,27)/t19-,22-/m0/s1. The van der Waals surface area contributed by atoms with E-state index < -0.39 is 0 Å². The molecule has 0 saturated carbocycles. The second kappa shape index (κ2) is 8.07. The van der Waals surface area contributed by atoms with Crippen LogP contribution in [0.3, 0.4) is 0 Å². The van der Waals surface area contributed by atoms with Crippen LogP contribution in [0.15, 0.2) is 24.3 Å². The molecule has 3 fully saturated rings. The topological polar surface area (TPSA) is 52.7 Å². The molecule has 1 N–H and O–H groups in total. The number of rotatable bonds is 5. The van der Waals surface area contributed by atoms with E-state index in [-0.39, 0.29) is 22.7 Å².